The van der Waals surface area contributed by atoms with Gasteiger partial charge in [-0.05, 0) is 87.1 Å². The Hall–Kier alpha value is -3.00. The van der Waals surface area contributed by atoms with Crippen molar-refractivity contribution in [3.05, 3.63) is 59.2 Å². The Bertz CT molecular complexity index is 1180. The Kier molecular flexibility index (Phi) is 5.42. The fraction of sp³-hybridized carbons (Fsp3) is 0.318. The smallest absolute Gasteiger partial charge is 0.322 e. The number of rotatable bonds is 5. The van der Waals surface area contributed by atoms with Crippen LogP contribution >= 0.6 is 0 Å². The summed E-state index contributed by atoms with van der Waals surface area (Å²) < 4.78 is 30.0. The highest BCUT2D eigenvalue weighted by molar-refractivity contribution is 7.92. The number of carbonyl (C=O) groups is 1. The van der Waals surface area contributed by atoms with Crippen LogP contribution in [-0.4, -0.2) is 29.8 Å². The van der Waals surface area contributed by atoms with Gasteiger partial charge in [0.05, 0.1) is 10.1 Å². The molecule has 7 nitrogen and oxygen atoms in total. The van der Waals surface area contributed by atoms with Gasteiger partial charge in [-0.2, -0.15) is 0 Å². The van der Waals surface area contributed by atoms with Crippen LogP contribution in [0.3, 0.4) is 0 Å². The summed E-state index contributed by atoms with van der Waals surface area (Å²) in [6.45, 7) is 3.28. The minimum Gasteiger partial charge on any atom is -0.403 e. The van der Waals surface area contributed by atoms with Crippen LogP contribution in [0.25, 0.3) is 11.5 Å². The Labute approximate surface area is 175 Å². The van der Waals surface area contributed by atoms with Gasteiger partial charge in [0, 0.05) is 11.1 Å². The van der Waals surface area contributed by atoms with Gasteiger partial charge in [0.1, 0.15) is 0 Å². The maximum absolute atomic E-state index is 12.6. The molecule has 0 fully saturated rings. The topological polar surface area (TPSA) is 102 Å². The third-order valence-corrected chi connectivity index (χ3v) is 7.48. The van der Waals surface area contributed by atoms with Gasteiger partial charge in [-0.25, -0.2) is 8.42 Å². The zero-order chi connectivity index (χ0) is 21.3. The predicted octanol–water partition coefficient (Wildman–Crippen LogP) is 4.05. The Morgan fingerprint density at radius 1 is 1.00 bits per heavy atom. The highest BCUT2D eigenvalue weighted by Crippen LogP contribution is 2.25. The summed E-state index contributed by atoms with van der Waals surface area (Å²) in [5.41, 5.74) is 3.65. The Morgan fingerprint density at radius 3 is 2.40 bits per heavy atom. The lowest BCUT2D eigenvalue weighted by molar-refractivity contribution is 0.102. The van der Waals surface area contributed by atoms with Crippen molar-refractivity contribution >= 4 is 21.8 Å². The first-order valence-corrected chi connectivity index (χ1v) is 11.5. The van der Waals surface area contributed by atoms with Crippen molar-refractivity contribution in [1.29, 1.82) is 0 Å². The molecule has 2 aromatic carbocycles. The van der Waals surface area contributed by atoms with Gasteiger partial charge in [-0.3, -0.25) is 10.1 Å². The lowest BCUT2D eigenvalue weighted by Crippen LogP contribution is -2.14. The normalized spacial score (nSPS) is 13.8. The van der Waals surface area contributed by atoms with Crippen molar-refractivity contribution in [2.75, 3.05) is 5.32 Å². The van der Waals surface area contributed by atoms with Crippen LogP contribution < -0.4 is 5.32 Å². The second-order valence-electron chi connectivity index (χ2n) is 7.68. The molecule has 0 aliphatic heterocycles. The fourth-order valence-corrected chi connectivity index (χ4v) is 4.55. The molecule has 1 aromatic heterocycles. The first-order valence-electron chi connectivity index (χ1n) is 9.95. The second kappa shape index (κ2) is 8.02. The fourth-order valence-electron chi connectivity index (χ4n) is 3.49. The largest absolute Gasteiger partial charge is 0.403 e. The molecule has 0 saturated carbocycles. The number of hydrogen-bond donors (Lipinski definition) is 1. The third-order valence-electron chi connectivity index (χ3n) is 5.31. The molecular weight excluding hydrogens is 402 g/mol. The number of aromatic nitrogens is 2. The van der Waals surface area contributed by atoms with E-state index in [4.69, 9.17) is 4.42 Å². The lowest BCUT2D eigenvalue weighted by atomic mass is 9.90. The van der Waals surface area contributed by atoms with Crippen LogP contribution in [0.15, 0.2) is 51.8 Å². The number of sulfone groups is 1. The van der Waals surface area contributed by atoms with E-state index >= 15 is 0 Å². The van der Waals surface area contributed by atoms with Crippen molar-refractivity contribution in [1.82, 2.24) is 10.2 Å². The zero-order valence-corrected chi connectivity index (χ0v) is 17.7. The van der Waals surface area contributed by atoms with E-state index in [1.165, 1.54) is 29.7 Å². The average Bonchev–Trinajstić information content (AvgIpc) is 3.21. The van der Waals surface area contributed by atoms with Gasteiger partial charge in [-0.15, -0.1) is 5.10 Å². The molecule has 1 heterocycles. The summed E-state index contributed by atoms with van der Waals surface area (Å²) in [7, 11) is -3.35. The molecule has 30 heavy (non-hydrogen) atoms. The summed E-state index contributed by atoms with van der Waals surface area (Å²) in [5.74, 6) is -0.110. The molecule has 1 aliphatic carbocycles. The van der Waals surface area contributed by atoms with Crippen LogP contribution in [-0.2, 0) is 22.7 Å². The summed E-state index contributed by atoms with van der Waals surface area (Å²) in [6.07, 6.45) is 4.38. The summed E-state index contributed by atoms with van der Waals surface area (Å²) in [4.78, 5) is 12.8. The van der Waals surface area contributed by atoms with Gasteiger partial charge in [0.15, 0.2) is 9.84 Å². The van der Waals surface area contributed by atoms with Crippen LogP contribution in [0.1, 0.15) is 48.2 Å². The van der Waals surface area contributed by atoms with E-state index in [-0.39, 0.29) is 22.7 Å². The molecule has 8 heteroatoms. The van der Waals surface area contributed by atoms with Gasteiger partial charge in [-0.1, -0.05) is 11.2 Å². The molecule has 0 atom stereocenters. The number of nitrogens with one attached hydrogen (secondary N) is 1. The minimum atomic E-state index is -3.35. The number of carbonyl (C=O) groups excluding carboxylic acids is 1. The minimum absolute atomic E-state index is 0.00778. The number of hydrogen-bond acceptors (Lipinski definition) is 6. The van der Waals surface area contributed by atoms with Gasteiger partial charge < -0.3 is 4.42 Å². The molecular formula is C22H23N3O4S. The predicted molar refractivity (Wildman–Crippen MR) is 113 cm³/mol. The van der Waals surface area contributed by atoms with Crippen LogP contribution in [0.4, 0.5) is 6.01 Å². The summed E-state index contributed by atoms with van der Waals surface area (Å²) in [5, 5.41) is 9.96. The van der Waals surface area contributed by atoms with Crippen LogP contribution in [0.5, 0.6) is 0 Å². The van der Waals surface area contributed by atoms with Crippen molar-refractivity contribution in [3.8, 4) is 11.5 Å². The van der Waals surface area contributed by atoms with Crippen molar-refractivity contribution < 1.29 is 17.6 Å². The van der Waals surface area contributed by atoms with E-state index in [9.17, 15) is 13.2 Å². The molecule has 0 spiro atoms. The van der Waals surface area contributed by atoms with Crippen LogP contribution in [0.2, 0.25) is 0 Å². The van der Waals surface area contributed by atoms with Crippen molar-refractivity contribution in [2.24, 2.45) is 0 Å². The molecule has 0 saturated heterocycles. The first kappa shape index (κ1) is 20.3. The van der Waals surface area contributed by atoms with E-state index in [1.807, 2.05) is 18.2 Å². The number of fused-ring (bicyclic) bond motifs is 1. The molecule has 156 valence electrons. The molecule has 3 aromatic rings. The number of anilines is 1. The molecule has 0 unspecified atom stereocenters. The van der Waals surface area contributed by atoms with Gasteiger partial charge in [0.2, 0.25) is 5.89 Å². The summed E-state index contributed by atoms with van der Waals surface area (Å²) >= 11 is 0. The number of aryl methyl sites for hydroxylation is 2. The number of benzene rings is 2. The molecule has 0 radical (unpaired) electrons. The van der Waals surface area contributed by atoms with Gasteiger partial charge >= 0.3 is 6.01 Å². The first-order chi connectivity index (χ1) is 14.3. The van der Waals surface area contributed by atoms with Gasteiger partial charge in [0.25, 0.3) is 5.91 Å². The second-order valence-corrected chi connectivity index (χ2v) is 10.2. The maximum Gasteiger partial charge on any atom is 0.322 e. The number of amides is 1. The van der Waals surface area contributed by atoms with E-state index in [0.717, 1.165) is 19.3 Å². The maximum atomic E-state index is 12.6. The molecule has 1 amide bonds. The standard InChI is InChI=1S/C22H23N3O4S/c1-14(2)30(27,28)19-11-9-16(10-12-19)21-24-25-22(29-21)23-20(26)18-8-7-15-5-3-4-6-17(15)13-18/h7-14H,3-6H2,1-2H3,(H,23,25,26). The monoisotopic (exact) mass is 425 g/mol. The molecule has 0 bridgehead atoms. The van der Waals surface area contributed by atoms with Crippen molar-refractivity contribution in [3.63, 3.8) is 0 Å². The highest BCUT2D eigenvalue weighted by Gasteiger charge is 2.20. The SMILES string of the molecule is CC(C)S(=O)(=O)c1ccc(-c2nnc(NC(=O)c3ccc4c(c3)CCCC4)o2)cc1. The quantitative estimate of drug-likeness (QED) is 0.662. The van der Waals surface area contributed by atoms with Crippen LogP contribution in [0, 0.1) is 0 Å². The van der Waals surface area contributed by atoms with E-state index in [1.54, 1.807) is 26.0 Å². The zero-order valence-electron chi connectivity index (χ0n) is 16.9. The highest BCUT2D eigenvalue weighted by atomic mass is 32.2. The number of nitrogens with zero attached hydrogens (tertiary/aromatic N) is 2. The van der Waals surface area contributed by atoms with Crippen molar-refractivity contribution in [2.45, 2.75) is 49.7 Å². The molecule has 4 rings (SSSR count). The Morgan fingerprint density at radius 2 is 1.70 bits per heavy atom. The summed E-state index contributed by atoms with van der Waals surface area (Å²) in [6, 6.07) is 12.0. The lowest BCUT2D eigenvalue weighted by Gasteiger charge is -2.16. The van der Waals surface area contributed by atoms with E-state index in [2.05, 4.69) is 15.5 Å². The molecule has 1 N–H and O–H groups in total. The molecule has 1 aliphatic rings. The van der Waals surface area contributed by atoms with E-state index < -0.39 is 15.1 Å². The Balaban J connectivity index is 1.48. The average molecular weight is 426 g/mol. The van der Waals surface area contributed by atoms with E-state index in [0.29, 0.717) is 11.1 Å². The third kappa shape index (κ3) is 4.00.